The summed E-state index contributed by atoms with van der Waals surface area (Å²) in [6.07, 6.45) is 1.74. The minimum absolute atomic E-state index is 0.0292. The first-order valence-electron chi connectivity index (χ1n) is 5.82. The van der Waals surface area contributed by atoms with Crippen LogP contribution >= 0.6 is 0 Å². The maximum Gasteiger partial charge on any atom is 0.131 e. The molecule has 0 aliphatic rings. The van der Waals surface area contributed by atoms with Crippen LogP contribution in [0.3, 0.4) is 0 Å². The number of nitrogens with one attached hydrogen (secondary N) is 1. The highest BCUT2D eigenvalue weighted by Crippen LogP contribution is 2.10. The zero-order chi connectivity index (χ0) is 11.8. The molecule has 1 aromatic rings. The SMILES string of the molecule is CCN(CC)CCNc1ncccc1CO. The lowest BCUT2D eigenvalue weighted by atomic mass is 10.2. The summed E-state index contributed by atoms with van der Waals surface area (Å²) in [4.78, 5) is 6.55. The van der Waals surface area contributed by atoms with E-state index >= 15 is 0 Å². The van der Waals surface area contributed by atoms with Gasteiger partial charge in [-0.2, -0.15) is 0 Å². The van der Waals surface area contributed by atoms with Gasteiger partial charge in [0, 0.05) is 24.8 Å². The minimum Gasteiger partial charge on any atom is -0.392 e. The molecule has 0 unspecified atom stereocenters. The smallest absolute Gasteiger partial charge is 0.131 e. The molecule has 4 heteroatoms. The van der Waals surface area contributed by atoms with Gasteiger partial charge >= 0.3 is 0 Å². The Morgan fingerprint density at radius 3 is 2.75 bits per heavy atom. The van der Waals surface area contributed by atoms with Crippen molar-refractivity contribution in [2.75, 3.05) is 31.5 Å². The molecule has 1 heterocycles. The van der Waals surface area contributed by atoms with E-state index in [4.69, 9.17) is 5.11 Å². The summed E-state index contributed by atoms with van der Waals surface area (Å²) in [5, 5.41) is 12.4. The van der Waals surface area contributed by atoms with E-state index in [0.717, 1.165) is 37.6 Å². The van der Waals surface area contributed by atoms with Crippen LogP contribution in [0.2, 0.25) is 0 Å². The lowest BCUT2D eigenvalue weighted by Crippen LogP contribution is -2.28. The number of likely N-dealkylation sites (N-methyl/N-ethyl adjacent to an activating group) is 1. The van der Waals surface area contributed by atoms with Crippen LogP contribution in [0.5, 0.6) is 0 Å². The van der Waals surface area contributed by atoms with Crippen molar-refractivity contribution in [1.29, 1.82) is 0 Å². The van der Waals surface area contributed by atoms with Crippen molar-refractivity contribution in [2.45, 2.75) is 20.5 Å². The molecule has 0 saturated carbocycles. The third-order valence-corrected chi connectivity index (χ3v) is 2.68. The third-order valence-electron chi connectivity index (χ3n) is 2.68. The normalized spacial score (nSPS) is 10.8. The molecule has 0 aliphatic heterocycles. The summed E-state index contributed by atoms with van der Waals surface area (Å²) < 4.78 is 0. The Morgan fingerprint density at radius 1 is 1.38 bits per heavy atom. The molecule has 0 atom stereocenters. The van der Waals surface area contributed by atoms with E-state index in [-0.39, 0.29) is 6.61 Å². The van der Waals surface area contributed by atoms with E-state index in [1.165, 1.54) is 0 Å². The number of anilines is 1. The van der Waals surface area contributed by atoms with Crippen LogP contribution in [-0.2, 0) is 6.61 Å². The van der Waals surface area contributed by atoms with Gasteiger partial charge in [-0.05, 0) is 19.2 Å². The maximum absolute atomic E-state index is 9.13. The Hall–Kier alpha value is -1.13. The van der Waals surface area contributed by atoms with Crippen molar-refractivity contribution < 1.29 is 5.11 Å². The van der Waals surface area contributed by atoms with Gasteiger partial charge in [0.25, 0.3) is 0 Å². The first kappa shape index (κ1) is 12.9. The van der Waals surface area contributed by atoms with Crippen molar-refractivity contribution in [1.82, 2.24) is 9.88 Å². The predicted molar refractivity (Wildman–Crippen MR) is 66.4 cm³/mol. The number of hydrogen-bond donors (Lipinski definition) is 2. The van der Waals surface area contributed by atoms with Gasteiger partial charge in [0.05, 0.1) is 6.61 Å². The second-order valence-electron chi connectivity index (χ2n) is 3.62. The third kappa shape index (κ3) is 3.79. The highest BCUT2D eigenvalue weighted by atomic mass is 16.3. The standard InChI is InChI=1S/C12H21N3O/c1-3-15(4-2)9-8-14-12-11(10-16)6-5-7-13-12/h5-7,16H,3-4,8-10H2,1-2H3,(H,13,14). The summed E-state index contributed by atoms with van der Waals surface area (Å²) in [6, 6.07) is 3.72. The monoisotopic (exact) mass is 223 g/mol. The summed E-state index contributed by atoms with van der Waals surface area (Å²) in [5.74, 6) is 0.789. The average molecular weight is 223 g/mol. The Bertz CT molecular complexity index is 300. The molecule has 16 heavy (non-hydrogen) atoms. The molecule has 0 aliphatic carbocycles. The zero-order valence-corrected chi connectivity index (χ0v) is 10.1. The topological polar surface area (TPSA) is 48.4 Å². The van der Waals surface area contributed by atoms with Crippen LogP contribution in [0.15, 0.2) is 18.3 Å². The van der Waals surface area contributed by atoms with Crippen molar-refractivity contribution in [3.05, 3.63) is 23.9 Å². The Balaban J connectivity index is 2.42. The zero-order valence-electron chi connectivity index (χ0n) is 10.1. The molecule has 1 aromatic heterocycles. The fraction of sp³-hybridized carbons (Fsp3) is 0.583. The summed E-state index contributed by atoms with van der Waals surface area (Å²) in [5.41, 5.74) is 0.849. The first-order valence-corrected chi connectivity index (χ1v) is 5.82. The number of rotatable bonds is 7. The second-order valence-corrected chi connectivity index (χ2v) is 3.62. The Labute approximate surface area is 97.3 Å². The van der Waals surface area contributed by atoms with Crippen molar-refractivity contribution in [2.24, 2.45) is 0 Å². The molecular weight excluding hydrogens is 202 g/mol. The average Bonchev–Trinajstić information content (AvgIpc) is 2.35. The lowest BCUT2D eigenvalue weighted by molar-refractivity contribution is 0.282. The molecule has 0 fully saturated rings. The predicted octanol–water partition coefficient (Wildman–Crippen LogP) is 1.33. The van der Waals surface area contributed by atoms with Gasteiger partial charge in [-0.15, -0.1) is 0 Å². The number of aliphatic hydroxyl groups is 1. The maximum atomic E-state index is 9.13. The highest BCUT2D eigenvalue weighted by Gasteiger charge is 2.02. The molecule has 0 saturated heterocycles. The van der Waals surface area contributed by atoms with Crippen LogP contribution in [0.4, 0.5) is 5.82 Å². The fourth-order valence-corrected chi connectivity index (χ4v) is 1.60. The summed E-state index contributed by atoms with van der Waals surface area (Å²) in [7, 11) is 0. The van der Waals surface area contributed by atoms with Crippen LogP contribution < -0.4 is 5.32 Å². The Morgan fingerprint density at radius 2 is 2.12 bits per heavy atom. The summed E-state index contributed by atoms with van der Waals surface area (Å²) in [6.45, 7) is 8.31. The first-order chi connectivity index (χ1) is 7.81. The fourth-order valence-electron chi connectivity index (χ4n) is 1.60. The van der Waals surface area contributed by atoms with Gasteiger partial charge in [-0.3, -0.25) is 0 Å². The minimum atomic E-state index is 0.0292. The highest BCUT2D eigenvalue weighted by molar-refractivity contribution is 5.43. The number of nitrogens with zero attached hydrogens (tertiary/aromatic N) is 2. The van der Waals surface area contributed by atoms with Gasteiger partial charge in [0.15, 0.2) is 0 Å². The van der Waals surface area contributed by atoms with Crippen molar-refractivity contribution in [3.8, 4) is 0 Å². The van der Waals surface area contributed by atoms with E-state index in [0.29, 0.717) is 0 Å². The largest absolute Gasteiger partial charge is 0.392 e. The molecule has 2 N–H and O–H groups in total. The van der Waals surface area contributed by atoms with Gasteiger partial charge in [-0.25, -0.2) is 4.98 Å². The molecule has 0 spiro atoms. The van der Waals surface area contributed by atoms with Gasteiger partial charge in [-0.1, -0.05) is 19.9 Å². The molecule has 0 radical (unpaired) electrons. The van der Waals surface area contributed by atoms with E-state index < -0.39 is 0 Å². The van der Waals surface area contributed by atoms with E-state index in [1.807, 2.05) is 12.1 Å². The van der Waals surface area contributed by atoms with Crippen LogP contribution in [0.1, 0.15) is 19.4 Å². The molecule has 4 nitrogen and oxygen atoms in total. The molecule has 0 bridgehead atoms. The van der Waals surface area contributed by atoms with Gasteiger partial charge in [0.2, 0.25) is 0 Å². The number of aromatic nitrogens is 1. The van der Waals surface area contributed by atoms with E-state index in [2.05, 4.69) is 29.0 Å². The summed E-state index contributed by atoms with van der Waals surface area (Å²) >= 11 is 0. The second kappa shape index (κ2) is 7.19. The van der Waals surface area contributed by atoms with Crippen LogP contribution in [0.25, 0.3) is 0 Å². The number of pyridine rings is 1. The lowest BCUT2D eigenvalue weighted by Gasteiger charge is -2.18. The molecular formula is C12H21N3O. The van der Waals surface area contributed by atoms with Gasteiger partial charge in [0.1, 0.15) is 5.82 Å². The van der Waals surface area contributed by atoms with Crippen LogP contribution in [-0.4, -0.2) is 41.2 Å². The number of aliphatic hydroxyl groups excluding tert-OH is 1. The van der Waals surface area contributed by atoms with Crippen molar-refractivity contribution >= 4 is 5.82 Å². The molecule has 90 valence electrons. The van der Waals surface area contributed by atoms with E-state index in [9.17, 15) is 0 Å². The van der Waals surface area contributed by atoms with Gasteiger partial charge < -0.3 is 15.3 Å². The van der Waals surface area contributed by atoms with Crippen molar-refractivity contribution in [3.63, 3.8) is 0 Å². The molecule has 1 rings (SSSR count). The molecule has 0 aromatic carbocycles. The van der Waals surface area contributed by atoms with Crippen LogP contribution in [0, 0.1) is 0 Å². The number of hydrogen-bond acceptors (Lipinski definition) is 4. The molecule has 0 amide bonds. The Kier molecular flexibility index (Phi) is 5.82. The van der Waals surface area contributed by atoms with E-state index in [1.54, 1.807) is 6.20 Å². The quantitative estimate of drug-likeness (QED) is 0.732.